The molecule has 0 saturated carbocycles. The highest BCUT2D eigenvalue weighted by Crippen LogP contribution is 2.25. The van der Waals surface area contributed by atoms with Gasteiger partial charge in [-0.2, -0.15) is 4.31 Å². The normalized spacial score (nSPS) is 18.9. The van der Waals surface area contributed by atoms with Crippen LogP contribution in [0.15, 0.2) is 59.5 Å². The summed E-state index contributed by atoms with van der Waals surface area (Å²) in [4.78, 5) is 17.6. The van der Waals surface area contributed by atoms with Gasteiger partial charge in [-0.3, -0.25) is 9.69 Å². The Morgan fingerprint density at radius 2 is 1.55 bits per heavy atom. The van der Waals surface area contributed by atoms with Crippen molar-refractivity contribution in [1.29, 1.82) is 0 Å². The van der Waals surface area contributed by atoms with Gasteiger partial charge in [0, 0.05) is 51.7 Å². The van der Waals surface area contributed by atoms with E-state index in [4.69, 9.17) is 4.74 Å². The van der Waals surface area contributed by atoms with Gasteiger partial charge in [0.2, 0.25) is 15.9 Å². The monoisotopic (exact) mass is 471 g/mol. The van der Waals surface area contributed by atoms with Gasteiger partial charge in [-0.25, -0.2) is 8.42 Å². The number of para-hydroxylation sites is 1. The first-order valence-corrected chi connectivity index (χ1v) is 13.1. The summed E-state index contributed by atoms with van der Waals surface area (Å²) in [6.07, 6.45) is 1.16. The highest BCUT2D eigenvalue weighted by Gasteiger charge is 2.34. The molecule has 1 amide bonds. The van der Waals surface area contributed by atoms with Crippen LogP contribution in [-0.2, 0) is 14.8 Å². The average molecular weight is 472 g/mol. The third-order valence-corrected chi connectivity index (χ3v) is 8.48. The predicted octanol–water partition coefficient (Wildman–Crippen LogP) is 2.62. The predicted molar refractivity (Wildman–Crippen MR) is 128 cm³/mol. The number of ether oxygens (including phenoxy) is 1. The molecule has 0 N–H and O–H groups in total. The number of piperazine rings is 1. The van der Waals surface area contributed by atoms with Crippen molar-refractivity contribution < 1.29 is 17.9 Å². The molecule has 0 unspecified atom stereocenters. The highest BCUT2D eigenvalue weighted by atomic mass is 32.2. The molecule has 4 rings (SSSR count). The van der Waals surface area contributed by atoms with Gasteiger partial charge in [-0.15, -0.1) is 0 Å². The van der Waals surface area contributed by atoms with Crippen molar-refractivity contribution in [2.75, 3.05) is 52.4 Å². The summed E-state index contributed by atoms with van der Waals surface area (Å²) in [7, 11) is -3.50. The molecular formula is C25H33N3O4S. The van der Waals surface area contributed by atoms with Gasteiger partial charge < -0.3 is 9.64 Å². The van der Waals surface area contributed by atoms with Crippen LogP contribution in [0.2, 0.25) is 0 Å². The first-order chi connectivity index (χ1) is 15.9. The minimum atomic E-state index is -3.50. The lowest BCUT2D eigenvalue weighted by Gasteiger charge is -2.38. The van der Waals surface area contributed by atoms with Gasteiger partial charge in [0.25, 0.3) is 0 Å². The molecule has 0 aliphatic carbocycles. The van der Waals surface area contributed by atoms with Crippen molar-refractivity contribution in [3.8, 4) is 5.75 Å². The minimum Gasteiger partial charge on any atom is -0.492 e. The van der Waals surface area contributed by atoms with Crippen LogP contribution in [0.1, 0.15) is 18.4 Å². The second kappa shape index (κ2) is 10.7. The molecule has 0 bridgehead atoms. The number of aryl methyl sites for hydroxylation is 1. The number of carbonyl (C=O) groups excluding carboxylic acids is 1. The maximum absolute atomic E-state index is 13.0. The first-order valence-electron chi connectivity index (χ1n) is 11.7. The number of sulfonamides is 1. The van der Waals surface area contributed by atoms with E-state index in [1.54, 1.807) is 12.1 Å². The van der Waals surface area contributed by atoms with Crippen molar-refractivity contribution in [3.63, 3.8) is 0 Å². The lowest BCUT2D eigenvalue weighted by atomic mass is 9.96. The van der Waals surface area contributed by atoms with Crippen LogP contribution in [-0.4, -0.2) is 80.9 Å². The number of hydrogen-bond donors (Lipinski definition) is 0. The molecule has 0 radical (unpaired) electrons. The van der Waals surface area contributed by atoms with E-state index < -0.39 is 10.0 Å². The molecule has 2 heterocycles. The number of carbonyl (C=O) groups is 1. The molecule has 0 atom stereocenters. The molecule has 2 aliphatic rings. The summed E-state index contributed by atoms with van der Waals surface area (Å²) >= 11 is 0. The third-order valence-electron chi connectivity index (χ3n) is 6.57. The van der Waals surface area contributed by atoms with Crippen LogP contribution in [0.25, 0.3) is 0 Å². The van der Waals surface area contributed by atoms with Crippen LogP contribution in [0.4, 0.5) is 0 Å². The van der Waals surface area contributed by atoms with E-state index in [1.807, 2.05) is 54.3 Å². The Balaban J connectivity index is 1.20. The fourth-order valence-electron chi connectivity index (χ4n) is 4.46. The Hall–Kier alpha value is -2.42. The van der Waals surface area contributed by atoms with Crippen LogP contribution < -0.4 is 4.74 Å². The number of amides is 1. The number of piperidine rings is 1. The molecule has 2 aromatic rings. The largest absolute Gasteiger partial charge is 0.492 e. The summed E-state index contributed by atoms with van der Waals surface area (Å²) in [5, 5.41) is 0. The summed E-state index contributed by atoms with van der Waals surface area (Å²) in [5.41, 5.74) is 1.03. The quantitative estimate of drug-likeness (QED) is 0.621. The maximum Gasteiger partial charge on any atom is 0.243 e. The van der Waals surface area contributed by atoms with E-state index in [0.29, 0.717) is 50.5 Å². The Kier molecular flexibility index (Phi) is 7.67. The third kappa shape index (κ3) is 5.93. The van der Waals surface area contributed by atoms with E-state index in [9.17, 15) is 13.2 Å². The lowest BCUT2D eigenvalue weighted by Crippen LogP contribution is -2.52. The number of benzene rings is 2. The summed E-state index contributed by atoms with van der Waals surface area (Å²) in [6.45, 7) is 7.30. The van der Waals surface area contributed by atoms with Gasteiger partial charge >= 0.3 is 0 Å². The molecule has 2 saturated heterocycles. The van der Waals surface area contributed by atoms with Crippen LogP contribution in [0, 0.1) is 12.8 Å². The zero-order valence-electron chi connectivity index (χ0n) is 19.2. The van der Waals surface area contributed by atoms with Crippen molar-refractivity contribution in [2.24, 2.45) is 5.92 Å². The summed E-state index contributed by atoms with van der Waals surface area (Å²) in [6, 6.07) is 16.7. The number of hydrogen-bond acceptors (Lipinski definition) is 5. The SMILES string of the molecule is Cc1ccc(S(=O)(=O)N2CCC(C(=O)N3CCN(CCOc4ccccc4)CC3)CC2)cc1. The van der Waals surface area contributed by atoms with Crippen molar-refractivity contribution in [2.45, 2.75) is 24.7 Å². The van der Waals surface area contributed by atoms with Gasteiger partial charge in [-0.1, -0.05) is 35.9 Å². The van der Waals surface area contributed by atoms with Crippen LogP contribution in [0.3, 0.4) is 0 Å². The second-order valence-electron chi connectivity index (χ2n) is 8.82. The Bertz CT molecular complexity index is 1010. The van der Waals surface area contributed by atoms with Gasteiger partial charge in [0.1, 0.15) is 12.4 Å². The van der Waals surface area contributed by atoms with E-state index >= 15 is 0 Å². The van der Waals surface area contributed by atoms with E-state index in [-0.39, 0.29) is 11.8 Å². The van der Waals surface area contributed by atoms with Crippen molar-refractivity contribution in [1.82, 2.24) is 14.1 Å². The smallest absolute Gasteiger partial charge is 0.243 e. The fourth-order valence-corrected chi connectivity index (χ4v) is 5.93. The molecule has 2 aliphatic heterocycles. The summed E-state index contributed by atoms with van der Waals surface area (Å²) < 4.78 is 33.1. The molecule has 178 valence electrons. The van der Waals surface area contributed by atoms with Gasteiger partial charge in [0.05, 0.1) is 4.90 Å². The zero-order chi connectivity index (χ0) is 23.3. The zero-order valence-corrected chi connectivity index (χ0v) is 20.0. The molecule has 0 spiro atoms. The molecule has 33 heavy (non-hydrogen) atoms. The Morgan fingerprint density at radius 1 is 0.909 bits per heavy atom. The number of rotatable bonds is 7. The van der Waals surface area contributed by atoms with E-state index in [0.717, 1.165) is 30.9 Å². The second-order valence-corrected chi connectivity index (χ2v) is 10.8. The molecule has 0 aromatic heterocycles. The van der Waals surface area contributed by atoms with Crippen LogP contribution >= 0.6 is 0 Å². The van der Waals surface area contributed by atoms with Gasteiger partial charge in [-0.05, 0) is 44.0 Å². The fraction of sp³-hybridized carbons (Fsp3) is 0.480. The van der Waals surface area contributed by atoms with Gasteiger partial charge in [0.15, 0.2) is 0 Å². The van der Waals surface area contributed by atoms with Crippen LogP contribution in [0.5, 0.6) is 5.75 Å². The number of nitrogens with zero attached hydrogens (tertiary/aromatic N) is 3. The Morgan fingerprint density at radius 3 is 2.18 bits per heavy atom. The average Bonchev–Trinajstić information content (AvgIpc) is 2.85. The topological polar surface area (TPSA) is 70.2 Å². The van der Waals surface area contributed by atoms with E-state index in [1.165, 1.54) is 4.31 Å². The van der Waals surface area contributed by atoms with Crippen molar-refractivity contribution >= 4 is 15.9 Å². The maximum atomic E-state index is 13.0. The molecule has 7 nitrogen and oxygen atoms in total. The molecule has 8 heteroatoms. The van der Waals surface area contributed by atoms with E-state index in [2.05, 4.69) is 4.90 Å². The highest BCUT2D eigenvalue weighted by molar-refractivity contribution is 7.89. The van der Waals surface area contributed by atoms with Crippen molar-refractivity contribution in [3.05, 3.63) is 60.2 Å². The molecular weight excluding hydrogens is 438 g/mol. The summed E-state index contributed by atoms with van der Waals surface area (Å²) in [5.74, 6) is 0.951. The standard InChI is InChI=1S/C25H33N3O4S/c1-21-7-9-24(10-8-21)33(30,31)28-13-11-22(12-14-28)25(29)27-17-15-26(16-18-27)19-20-32-23-5-3-2-4-6-23/h2-10,22H,11-20H2,1H3. The lowest BCUT2D eigenvalue weighted by molar-refractivity contribution is -0.138. The molecule has 2 fully saturated rings. The molecule has 2 aromatic carbocycles. The first kappa shape index (κ1) is 23.7. The Labute approximate surface area is 197 Å². The minimum absolute atomic E-state index is 0.0950.